The van der Waals surface area contributed by atoms with Crippen molar-refractivity contribution in [3.8, 4) is 0 Å². The number of nitrogens with one attached hydrogen (secondary N) is 1. The van der Waals surface area contributed by atoms with E-state index in [2.05, 4.69) is 42.2 Å². The molecule has 0 aliphatic rings. The molecule has 92 valence electrons. The summed E-state index contributed by atoms with van der Waals surface area (Å²) in [6, 6.07) is 6.52. The number of rotatable bonds is 6. The highest BCUT2D eigenvalue weighted by Crippen LogP contribution is 2.31. The summed E-state index contributed by atoms with van der Waals surface area (Å²) in [5.74, 6) is 0.696. The predicted molar refractivity (Wildman–Crippen MR) is 73.3 cm³/mol. The van der Waals surface area contributed by atoms with E-state index in [1.54, 1.807) is 0 Å². The van der Waals surface area contributed by atoms with Gasteiger partial charge in [-0.15, -0.1) is 0 Å². The van der Waals surface area contributed by atoms with Crippen LogP contribution >= 0.6 is 0 Å². The molecule has 0 saturated heterocycles. The summed E-state index contributed by atoms with van der Waals surface area (Å²) in [6.45, 7) is 4.54. The number of unbranched alkanes of at least 4 members (excludes halogenated alkanes) is 1. The standard InChI is InChI=1S/C15H22N2/c1-3-5-8-12(7-4-2)13-9-6-10-15-14(13)11-16-17-15/h6,9-12H,3-5,7-8H2,1-2H3,(H,16,17). The zero-order valence-electron chi connectivity index (χ0n) is 10.9. The third-order valence-electron chi connectivity index (χ3n) is 3.50. The largest absolute Gasteiger partial charge is 0.278 e. The van der Waals surface area contributed by atoms with Crippen molar-refractivity contribution in [2.45, 2.75) is 51.9 Å². The lowest BCUT2D eigenvalue weighted by molar-refractivity contribution is 0.544. The van der Waals surface area contributed by atoms with E-state index in [1.165, 1.54) is 48.6 Å². The van der Waals surface area contributed by atoms with Gasteiger partial charge in [0, 0.05) is 5.39 Å². The number of fused-ring (bicyclic) bond motifs is 1. The number of hydrogen-bond acceptors (Lipinski definition) is 1. The van der Waals surface area contributed by atoms with Gasteiger partial charge in [-0.25, -0.2) is 0 Å². The van der Waals surface area contributed by atoms with Crippen LogP contribution < -0.4 is 0 Å². The van der Waals surface area contributed by atoms with E-state index in [0.29, 0.717) is 5.92 Å². The van der Waals surface area contributed by atoms with E-state index in [4.69, 9.17) is 0 Å². The van der Waals surface area contributed by atoms with Crippen molar-refractivity contribution in [2.24, 2.45) is 0 Å². The molecule has 2 nitrogen and oxygen atoms in total. The van der Waals surface area contributed by atoms with Gasteiger partial charge in [0.15, 0.2) is 0 Å². The summed E-state index contributed by atoms with van der Waals surface area (Å²) in [4.78, 5) is 0. The summed E-state index contributed by atoms with van der Waals surface area (Å²) in [7, 11) is 0. The van der Waals surface area contributed by atoms with E-state index in [1.807, 2.05) is 6.20 Å². The average molecular weight is 230 g/mol. The second-order valence-electron chi connectivity index (χ2n) is 4.81. The minimum atomic E-state index is 0.696. The van der Waals surface area contributed by atoms with Gasteiger partial charge in [0.05, 0.1) is 11.7 Å². The van der Waals surface area contributed by atoms with E-state index in [0.717, 1.165) is 0 Å². The van der Waals surface area contributed by atoms with Gasteiger partial charge in [-0.05, 0) is 30.4 Å². The van der Waals surface area contributed by atoms with Crippen LogP contribution in [0.1, 0.15) is 57.4 Å². The Hall–Kier alpha value is -1.31. The average Bonchev–Trinajstić information content (AvgIpc) is 2.82. The Kier molecular flexibility index (Phi) is 4.18. The molecule has 1 unspecified atom stereocenters. The molecule has 2 aromatic rings. The Morgan fingerprint density at radius 2 is 2.06 bits per heavy atom. The predicted octanol–water partition coefficient (Wildman–Crippen LogP) is 4.64. The molecule has 0 radical (unpaired) electrons. The van der Waals surface area contributed by atoms with E-state index >= 15 is 0 Å². The summed E-state index contributed by atoms with van der Waals surface area (Å²) in [6.07, 6.45) is 8.40. The fraction of sp³-hybridized carbons (Fsp3) is 0.533. The number of benzene rings is 1. The molecule has 2 heteroatoms. The Morgan fingerprint density at radius 1 is 1.18 bits per heavy atom. The van der Waals surface area contributed by atoms with Gasteiger partial charge < -0.3 is 0 Å². The van der Waals surface area contributed by atoms with Gasteiger partial charge in [-0.3, -0.25) is 5.10 Å². The van der Waals surface area contributed by atoms with Gasteiger partial charge in [0.1, 0.15) is 0 Å². The smallest absolute Gasteiger partial charge is 0.0653 e. The van der Waals surface area contributed by atoms with Crippen molar-refractivity contribution in [1.82, 2.24) is 10.2 Å². The van der Waals surface area contributed by atoms with Crippen molar-refractivity contribution >= 4 is 10.9 Å². The molecule has 17 heavy (non-hydrogen) atoms. The summed E-state index contributed by atoms with van der Waals surface area (Å²) < 4.78 is 0. The van der Waals surface area contributed by atoms with Gasteiger partial charge in [-0.2, -0.15) is 5.10 Å². The second-order valence-corrected chi connectivity index (χ2v) is 4.81. The third-order valence-corrected chi connectivity index (χ3v) is 3.50. The molecule has 0 amide bonds. The van der Waals surface area contributed by atoms with Crippen molar-refractivity contribution in [3.05, 3.63) is 30.0 Å². The van der Waals surface area contributed by atoms with Crippen molar-refractivity contribution in [2.75, 3.05) is 0 Å². The van der Waals surface area contributed by atoms with Crippen LogP contribution in [-0.2, 0) is 0 Å². The van der Waals surface area contributed by atoms with Crippen LogP contribution in [0.15, 0.2) is 24.4 Å². The highest BCUT2D eigenvalue weighted by atomic mass is 15.1. The molecule has 0 bridgehead atoms. The van der Waals surface area contributed by atoms with Gasteiger partial charge in [-0.1, -0.05) is 45.2 Å². The highest BCUT2D eigenvalue weighted by molar-refractivity contribution is 5.82. The van der Waals surface area contributed by atoms with Crippen LogP contribution in [0, 0.1) is 0 Å². The Balaban J connectivity index is 2.30. The lowest BCUT2D eigenvalue weighted by Crippen LogP contribution is -1.99. The van der Waals surface area contributed by atoms with Gasteiger partial charge in [0.2, 0.25) is 0 Å². The maximum absolute atomic E-state index is 4.16. The highest BCUT2D eigenvalue weighted by Gasteiger charge is 2.13. The SMILES string of the molecule is CCCCC(CCC)c1cccc2[nH]ncc12. The third kappa shape index (κ3) is 2.68. The first-order valence-corrected chi connectivity index (χ1v) is 6.78. The van der Waals surface area contributed by atoms with E-state index in [9.17, 15) is 0 Å². The first-order valence-electron chi connectivity index (χ1n) is 6.78. The normalized spacial score (nSPS) is 13.1. The van der Waals surface area contributed by atoms with Crippen LogP contribution in [0.3, 0.4) is 0 Å². The molecular weight excluding hydrogens is 208 g/mol. The Morgan fingerprint density at radius 3 is 2.82 bits per heavy atom. The zero-order valence-corrected chi connectivity index (χ0v) is 10.9. The Bertz CT molecular complexity index is 459. The lowest BCUT2D eigenvalue weighted by atomic mass is 9.88. The van der Waals surface area contributed by atoms with Crippen LogP contribution in [0.4, 0.5) is 0 Å². The minimum Gasteiger partial charge on any atom is -0.278 e. The molecule has 0 aliphatic carbocycles. The van der Waals surface area contributed by atoms with Crippen LogP contribution in [0.2, 0.25) is 0 Å². The van der Waals surface area contributed by atoms with Crippen molar-refractivity contribution in [3.63, 3.8) is 0 Å². The molecular formula is C15H22N2. The maximum atomic E-state index is 4.16. The minimum absolute atomic E-state index is 0.696. The molecule has 1 heterocycles. The molecule has 2 rings (SSSR count). The number of H-pyrrole nitrogens is 1. The number of aromatic nitrogens is 2. The summed E-state index contributed by atoms with van der Waals surface area (Å²) in [5.41, 5.74) is 2.65. The van der Waals surface area contributed by atoms with Crippen LogP contribution in [0.5, 0.6) is 0 Å². The molecule has 0 aliphatic heterocycles. The number of aromatic amines is 1. The monoisotopic (exact) mass is 230 g/mol. The van der Waals surface area contributed by atoms with Crippen molar-refractivity contribution in [1.29, 1.82) is 0 Å². The molecule has 1 aromatic carbocycles. The van der Waals surface area contributed by atoms with Gasteiger partial charge in [0.25, 0.3) is 0 Å². The topological polar surface area (TPSA) is 28.7 Å². The van der Waals surface area contributed by atoms with E-state index in [-0.39, 0.29) is 0 Å². The fourth-order valence-electron chi connectivity index (χ4n) is 2.60. The second kappa shape index (κ2) is 5.85. The first-order chi connectivity index (χ1) is 8.36. The van der Waals surface area contributed by atoms with Crippen LogP contribution in [0.25, 0.3) is 10.9 Å². The molecule has 1 atom stereocenters. The van der Waals surface area contributed by atoms with Crippen LogP contribution in [-0.4, -0.2) is 10.2 Å². The molecule has 0 spiro atoms. The Labute approximate surface area is 103 Å². The summed E-state index contributed by atoms with van der Waals surface area (Å²) >= 11 is 0. The molecule has 1 aromatic heterocycles. The molecule has 1 N–H and O–H groups in total. The maximum Gasteiger partial charge on any atom is 0.0653 e. The summed E-state index contributed by atoms with van der Waals surface area (Å²) in [5, 5.41) is 8.53. The lowest BCUT2D eigenvalue weighted by Gasteiger charge is -2.17. The fourth-order valence-corrected chi connectivity index (χ4v) is 2.60. The van der Waals surface area contributed by atoms with E-state index < -0.39 is 0 Å². The molecule has 0 saturated carbocycles. The quantitative estimate of drug-likeness (QED) is 0.769. The zero-order chi connectivity index (χ0) is 12.1. The van der Waals surface area contributed by atoms with Gasteiger partial charge >= 0.3 is 0 Å². The van der Waals surface area contributed by atoms with Crippen molar-refractivity contribution < 1.29 is 0 Å². The number of hydrogen-bond donors (Lipinski definition) is 1. The first kappa shape index (κ1) is 12.2. The molecule has 0 fully saturated rings. The number of nitrogens with zero attached hydrogens (tertiary/aromatic N) is 1.